The molecule has 1 saturated heterocycles. The van der Waals surface area contributed by atoms with E-state index in [2.05, 4.69) is 21.9 Å². The number of benzene rings is 2. The zero-order valence-corrected chi connectivity index (χ0v) is 15.0. The minimum atomic E-state index is 0.821. The standard InChI is InChI=1S/C20H21ClN2O2/c1-24-16-6-7-20-15(12-16)13-17(25-20)14-22-8-10-23(11-9-22)19-5-3-2-4-18(19)21/h2-7,12-13H,8-11,14H2,1H3. The van der Waals surface area contributed by atoms with Crippen LogP contribution in [0.25, 0.3) is 11.0 Å². The van der Waals surface area contributed by atoms with Gasteiger partial charge in [0.15, 0.2) is 0 Å². The number of furan rings is 1. The summed E-state index contributed by atoms with van der Waals surface area (Å²) in [6.07, 6.45) is 0. The lowest BCUT2D eigenvalue weighted by atomic mass is 10.2. The van der Waals surface area contributed by atoms with Crippen LogP contribution >= 0.6 is 11.6 Å². The number of ether oxygens (including phenoxy) is 1. The van der Waals surface area contributed by atoms with Crippen LogP contribution in [0.5, 0.6) is 5.75 Å². The first-order chi connectivity index (χ1) is 12.2. The van der Waals surface area contributed by atoms with Gasteiger partial charge in [-0.15, -0.1) is 0 Å². The molecule has 4 nitrogen and oxygen atoms in total. The number of hydrogen-bond acceptors (Lipinski definition) is 4. The fourth-order valence-electron chi connectivity index (χ4n) is 3.36. The third-order valence-electron chi connectivity index (χ3n) is 4.72. The number of rotatable bonds is 4. The molecule has 1 aromatic heterocycles. The molecule has 130 valence electrons. The number of piperazine rings is 1. The van der Waals surface area contributed by atoms with Crippen LogP contribution < -0.4 is 9.64 Å². The quantitative estimate of drug-likeness (QED) is 0.692. The van der Waals surface area contributed by atoms with Crippen molar-refractivity contribution in [2.75, 3.05) is 38.2 Å². The highest BCUT2D eigenvalue weighted by atomic mass is 35.5. The van der Waals surface area contributed by atoms with Gasteiger partial charge in [0.1, 0.15) is 17.1 Å². The average Bonchev–Trinajstić information content (AvgIpc) is 3.04. The molecule has 0 spiro atoms. The molecule has 2 heterocycles. The van der Waals surface area contributed by atoms with E-state index in [4.69, 9.17) is 20.8 Å². The van der Waals surface area contributed by atoms with E-state index in [9.17, 15) is 0 Å². The molecule has 5 heteroatoms. The van der Waals surface area contributed by atoms with Gasteiger partial charge in [-0.1, -0.05) is 23.7 Å². The first-order valence-electron chi connectivity index (χ1n) is 8.51. The monoisotopic (exact) mass is 356 g/mol. The van der Waals surface area contributed by atoms with Crippen LogP contribution in [-0.4, -0.2) is 38.2 Å². The number of fused-ring (bicyclic) bond motifs is 1. The van der Waals surface area contributed by atoms with E-state index >= 15 is 0 Å². The molecule has 0 saturated carbocycles. The number of halogens is 1. The first-order valence-corrected chi connectivity index (χ1v) is 8.89. The summed E-state index contributed by atoms with van der Waals surface area (Å²) in [5, 5.41) is 1.91. The van der Waals surface area contributed by atoms with Crippen molar-refractivity contribution < 1.29 is 9.15 Å². The summed E-state index contributed by atoms with van der Waals surface area (Å²) in [6, 6.07) is 16.1. The fourth-order valence-corrected chi connectivity index (χ4v) is 3.61. The first kappa shape index (κ1) is 16.3. The van der Waals surface area contributed by atoms with Crippen molar-refractivity contribution in [3.05, 3.63) is 59.3 Å². The number of nitrogens with zero attached hydrogens (tertiary/aromatic N) is 2. The largest absolute Gasteiger partial charge is 0.497 e. The molecule has 0 aliphatic carbocycles. The molecule has 0 bridgehead atoms. The van der Waals surface area contributed by atoms with Crippen molar-refractivity contribution in [3.63, 3.8) is 0 Å². The van der Waals surface area contributed by atoms with E-state index in [0.29, 0.717) is 0 Å². The predicted molar refractivity (Wildman–Crippen MR) is 102 cm³/mol. The van der Waals surface area contributed by atoms with Crippen molar-refractivity contribution in [1.29, 1.82) is 0 Å². The number of hydrogen-bond donors (Lipinski definition) is 0. The highest BCUT2D eigenvalue weighted by Gasteiger charge is 2.20. The Labute approximate surface area is 152 Å². The SMILES string of the molecule is COc1ccc2oc(CN3CCN(c4ccccc4Cl)CC3)cc2c1. The fraction of sp³-hybridized carbons (Fsp3) is 0.300. The average molecular weight is 357 g/mol. The summed E-state index contributed by atoms with van der Waals surface area (Å²) in [5.41, 5.74) is 2.03. The molecule has 2 aromatic carbocycles. The van der Waals surface area contributed by atoms with E-state index < -0.39 is 0 Å². The summed E-state index contributed by atoms with van der Waals surface area (Å²) in [4.78, 5) is 4.77. The molecule has 1 fully saturated rings. The summed E-state index contributed by atoms with van der Waals surface area (Å²) in [6.45, 7) is 4.75. The molecular formula is C20H21ClN2O2. The second-order valence-electron chi connectivity index (χ2n) is 6.33. The van der Waals surface area contributed by atoms with Crippen LogP contribution in [0, 0.1) is 0 Å². The summed E-state index contributed by atoms with van der Waals surface area (Å²) >= 11 is 6.31. The molecule has 0 unspecified atom stereocenters. The second-order valence-corrected chi connectivity index (χ2v) is 6.74. The van der Waals surface area contributed by atoms with Crippen LogP contribution in [0.1, 0.15) is 5.76 Å². The van der Waals surface area contributed by atoms with E-state index in [1.165, 1.54) is 0 Å². The summed E-state index contributed by atoms with van der Waals surface area (Å²) in [5.74, 6) is 1.85. The molecule has 0 radical (unpaired) electrons. The number of methoxy groups -OCH3 is 1. The van der Waals surface area contributed by atoms with Crippen LogP contribution in [0.15, 0.2) is 52.9 Å². The number of para-hydroxylation sites is 1. The third-order valence-corrected chi connectivity index (χ3v) is 5.04. The zero-order chi connectivity index (χ0) is 17.2. The van der Waals surface area contributed by atoms with Gasteiger partial charge < -0.3 is 14.1 Å². The lowest BCUT2D eigenvalue weighted by Crippen LogP contribution is -2.46. The lowest BCUT2D eigenvalue weighted by molar-refractivity contribution is 0.233. The molecule has 0 N–H and O–H groups in total. The summed E-state index contributed by atoms with van der Waals surface area (Å²) in [7, 11) is 1.68. The van der Waals surface area contributed by atoms with Crippen LogP contribution in [-0.2, 0) is 6.54 Å². The van der Waals surface area contributed by atoms with Crippen LogP contribution in [0.2, 0.25) is 5.02 Å². The van der Waals surface area contributed by atoms with Crippen molar-refractivity contribution in [3.8, 4) is 5.75 Å². The third kappa shape index (κ3) is 3.46. The van der Waals surface area contributed by atoms with Gasteiger partial charge in [-0.3, -0.25) is 4.90 Å². The Morgan fingerprint density at radius 2 is 1.84 bits per heavy atom. The maximum absolute atomic E-state index is 6.31. The highest BCUT2D eigenvalue weighted by Crippen LogP contribution is 2.27. The highest BCUT2D eigenvalue weighted by molar-refractivity contribution is 6.33. The molecule has 0 amide bonds. The van der Waals surface area contributed by atoms with Crippen molar-refractivity contribution >= 4 is 28.3 Å². The predicted octanol–water partition coefficient (Wildman–Crippen LogP) is 4.42. The minimum absolute atomic E-state index is 0.821. The molecule has 0 atom stereocenters. The van der Waals surface area contributed by atoms with Crippen LogP contribution in [0.4, 0.5) is 5.69 Å². The smallest absolute Gasteiger partial charge is 0.134 e. The van der Waals surface area contributed by atoms with Gasteiger partial charge in [0.2, 0.25) is 0 Å². The second kappa shape index (κ2) is 6.98. The van der Waals surface area contributed by atoms with E-state index in [1.807, 2.05) is 36.4 Å². The molecule has 3 aromatic rings. The summed E-state index contributed by atoms with van der Waals surface area (Å²) < 4.78 is 11.2. The van der Waals surface area contributed by atoms with Crippen molar-refractivity contribution in [2.45, 2.75) is 6.54 Å². The van der Waals surface area contributed by atoms with E-state index in [-0.39, 0.29) is 0 Å². The maximum atomic E-state index is 6.31. The van der Waals surface area contributed by atoms with E-state index in [1.54, 1.807) is 7.11 Å². The lowest BCUT2D eigenvalue weighted by Gasteiger charge is -2.36. The Balaban J connectivity index is 1.41. The normalized spacial score (nSPS) is 15.7. The van der Waals surface area contributed by atoms with Gasteiger partial charge in [-0.2, -0.15) is 0 Å². The Morgan fingerprint density at radius 1 is 1.04 bits per heavy atom. The van der Waals surface area contributed by atoms with Gasteiger partial charge in [0.25, 0.3) is 0 Å². The Bertz CT molecular complexity index is 869. The molecule has 4 rings (SSSR count). The Morgan fingerprint density at radius 3 is 2.60 bits per heavy atom. The van der Waals surface area contributed by atoms with Gasteiger partial charge in [0, 0.05) is 31.6 Å². The van der Waals surface area contributed by atoms with Crippen molar-refractivity contribution in [2.24, 2.45) is 0 Å². The van der Waals surface area contributed by atoms with Crippen molar-refractivity contribution in [1.82, 2.24) is 4.90 Å². The van der Waals surface area contributed by atoms with Gasteiger partial charge in [0.05, 0.1) is 24.4 Å². The molecule has 1 aliphatic rings. The Hall–Kier alpha value is -2.17. The molecular weight excluding hydrogens is 336 g/mol. The minimum Gasteiger partial charge on any atom is -0.497 e. The van der Waals surface area contributed by atoms with Crippen LogP contribution in [0.3, 0.4) is 0 Å². The number of anilines is 1. The topological polar surface area (TPSA) is 28.9 Å². The van der Waals surface area contributed by atoms with E-state index in [0.717, 1.165) is 65.9 Å². The van der Waals surface area contributed by atoms with Gasteiger partial charge >= 0.3 is 0 Å². The van der Waals surface area contributed by atoms with Gasteiger partial charge in [-0.05, 0) is 36.4 Å². The zero-order valence-electron chi connectivity index (χ0n) is 14.2. The molecule has 25 heavy (non-hydrogen) atoms. The Kier molecular flexibility index (Phi) is 4.55. The molecule has 1 aliphatic heterocycles. The van der Waals surface area contributed by atoms with Gasteiger partial charge in [-0.25, -0.2) is 0 Å². The maximum Gasteiger partial charge on any atom is 0.134 e.